The SMILES string of the molecule is Nc1cccc(F)c1S(=O)(=O)NCCN1CCCCCC1. The second kappa shape index (κ2) is 7.20. The maximum absolute atomic E-state index is 13.7. The Kier molecular flexibility index (Phi) is 5.55. The minimum Gasteiger partial charge on any atom is -0.398 e. The van der Waals surface area contributed by atoms with Crippen LogP contribution in [0.25, 0.3) is 0 Å². The number of nitrogens with one attached hydrogen (secondary N) is 1. The van der Waals surface area contributed by atoms with Gasteiger partial charge in [-0.15, -0.1) is 0 Å². The summed E-state index contributed by atoms with van der Waals surface area (Å²) in [7, 11) is -3.91. The molecule has 21 heavy (non-hydrogen) atoms. The Morgan fingerprint density at radius 1 is 1.19 bits per heavy atom. The average Bonchev–Trinajstić information content (AvgIpc) is 2.66. The summed E-state index contributed by atoms with van der Waals surface area (Å²) in [5.41, 5.74) is 5.50. The number of nitrogen functional groups attached to an aromatic ring is 1. The Bertz CT molecular complexity index is 549. The standard InChI is InChI=1S/C14H22FN3O2S/c15-12-6-5-7-13(16)14(12)21(19,20)17-8-11-18-9-3-1-2-4-10-18/h5-7,17H,1-4,8-11,16H2. The van der Waals surface area contributed by atoms with Crippen molar-refractivity contribution in [2.75, 3.05) is 31.9 Å². The summed E-state index contributed by atoms with van der Waals surface area (Å²) in [4.78, 5) is 1.78. The highest BCUT2D eigenvalue weighted by Crippen LogP contribution is 2.21. The molecule has 2 rings (SSSR count). The molecule has 3 N–H and O–H groups in total. The molecule has 0 amide bonds. The third-order valence-electron chi connectivity index (χ3n) is 3.68. The van der Waals surface area contributed by atoms with Gasteiger partial charge in [0.1, 0.15) is 10.7 Å². The van der Waals surface area contributed by atoms with Crippen molar-refractivity contribution in [1.82, 2.24) is 9.62 Å². The van der Waals surface area contributed by atoms with Crippen LogP contribution in [0.1, 0.15) is 25.7 Å². The number of nitrogens with two attached hydrogens (primary N) is 1. The first-order valence-corrected chi connectivity index (χ1v) is 8.75. The van der Waals surface area contributed by atoms with Gasteiger partial charge in [-0.3, -0.25) is 0 Å². The van der Waals surface area contributed by atoms with E-state index < -0.39 is 20.7 Å². The Labute approximate surface area is 125 Å². The van der Waals surface area contributed by atoms with Gasteiger partial charge in [-0.1, -0.05) is 18.9 Å². The van der Waals surface area contributed by atoms with Crippen molar-refractivity contribution in [1.29, 1.82) is 0 Å². The Hall–Kier alpha value is -1.18. The van der Waals surface area contributed by atoms with Crippen LogP contribution in [0.2, 0.25) is 0 Å². The molecule has 0 aromatic heterocycles. The van der Waals surface area contributed by atoms with E-state index in [1.165, 1.54) is 25.0 Å². The second-order valence-corrected chi connectivity index (χ2v) is 7.02. The molecule has 0 atom stereocenters. The van der Waals surface area contributed by atoms with Crippen LogP contribution in [0.4, 0.5) is 10.1 Å². The van der Waals surface area contributed by atoms with Gasteiger partial charge in [-0.05, 0) is 38.1 Å². The molecule has 1 fully saturated rings. The Morgan fingerprint density at radius 3 is 2.48 bits per heavy atom. The topological polar surface area (TPSA) is 75.4 Å². The van der Waals surface area contributed by atoms with Crippen LogP contribution in [0, 0.1) is 5.82 Å². The van der Waals surface area contributed by atoms with E-state index in [-0.39, 0.29) is 12.2 Å². The zero-order chi connectivity index (χ0) is 15.3. The highest BCUT2D eigenvalue weighted by molar-refractivity contribution is 7.89. The fourth-order valence-electron chi connectivity index (χ4n) is 2.58. The highest BCUT2D eigenvalue weighted by atomic mass is 32.2. The summed E-state index contributed by atoms with van der Waals surface area (Å²) in [6.45, 7) is 2.87. The molecule has 118 valence electrons. The summed E-state index contributed by atoms with van der Waals surface area (Å²) >= 11 is 0. The molecular formula is C14H22FN3O2S. The normalized spacial score (nSPS) is 17.6. The summed E-state index contributed by atoms with van der Waals surface area (Å²) in [5.74, 6) is -0.822. The Balaban J connectivity index is 1.95. The molecule has 1 aromatic rings. The van der Waals surface area contributed by atoms with Crippen molar-refractivity contribution in [3.63, 3.8) is 0 Å². The maximum atomic E-state index is 13.7. The van der Waals surface area contributed by atoms with E-state index in [2.05, 4.69) is 9.62 Å². The largest absolute Gasteiger partial charge is 0.398 e. The lowest BCUT2D eigenvalue weighted by molar-refractivity contribution is 0.290. The first-order valence-electron chi connectivity index (χ1n) is 7.27. The van der Waals surface area contributed by atoms with Crippen LogP contribution in [-0.4, -0.2) is 39.5 Å². The quantitative estimate of drug-likeness (QED) is 0.809. The molecule has 1 heterocycles. The van der Waals surface area contributed by atoms with E-state index >= 15 is 0 Å². The van der Waals surface area contributed by atoms with Crippen molar-refractivity contribution >= 4 is 15.7 Å². The molecule has 7 heteroatoms. The second-order valence-electron chi connectivity index (χ2n) is 5.31. The number of likely N-dealkylation sites (tertiary alicyclic amines) is 1. The predicted octanol–water partition coefficient (Wildman–Crippen LogP) is 1.56. The minimum absolute atomic E-state index is 0.0720. The third kappa shape index (κ3) is 4.39. The molecule has 1 aliphatic rings. The van der Waals surface area contributed by atoms with Crippen molar-refractivity contribution in [2.45, 2.75) is 30.6 Å². The number of hydrogen-bond donors (Lipinski definition) is 2. The van der Waals surface area contributed by atoms with E-state index in [4.69, 9.17) is 5.73 Å². The number of anilines is 1. The van der Waals surface area contributed by atoms with E-state index in [9.17, 15) is 12.8 Å². The smallest absolute Gasteiger partial charge is 0.245 e. The third-order valence-corrected chi connectivity index (χ3v) is 5.24. The van der Waals surface area contributed by atoms with Gasteiger partial charge in [0.15, 0.2) is 0 Å². The molecule has 0 spiro atoms. The number of benzene rings is 1. The van der Waals surface area contributed by atoms with Crippen molar-refractivity contribution in [2.24, 2.45) is 0 Å². The van der Waals surface area contributed by atoms with Gasteiger partial charge >= 0.3 is 0 Å². The number of rotatable bonds is 5. The average molecular weight is 315 g/mol. The van der Waals surface area contributed by atoms with Crippen LogP contribution < -0.4 is 10.5 Å². The zero-order valence-electron chi connectivity index (χ0n) is 12.0. The molecule has 0 radical (unpaired) electrons. The van der Waals surface area contributed by atoms with Gasteiger partial charge in [0.25, 0.3) is 0 Å². The van der Waals surface area contributed by atoms with Crippen LogP contribution in [-0.2, 0) is 10.0 Å². The Morgan fingerprint density at radius 2 is 1.86 bits per heavy atom. The van der Waals surface area contributed by atoms with Gasteiger partial charge in [0, 0.05) is 13.1 Å². The lowest BCUT2D eigenvalue weighted by Gasteiger charge is -2.20. The van der Waals surface area contributed by atoms with Crippen LogP contribution in [0.3, 0.4) is 0 Å². The van der Waals surface area contributed by atoms with Gasteiger partial charge in [-0.2, -0.15) is 0 Å². The van der Waals surface area contributed by atoms with Gasteiger partial charge in [0.05, 0.1) is 5.69 Å². The van der Waals surface area contributed by atoms with E-state index in [0.29, 0.717) is 6.54 Å². The summed E-state index contributed by atoms with van der Waals surface area (Å²) in [5, 5.41) is 0. The number of hydrogen-bond acceptors (Lipinski definition) is 4. The fourth-order valence-corrected chi connectivity index (χ4v) is 3.79. The molecule has 1 aromatic carbocycles. The lowest BCUT2D eigenvalue weighted by Crippen LogP contribution is -2.36. The van der Waals surface area contributed by atoms with Gasteiger partial charge in [-0.25, -0.2) is 17.5 Å². The van der Waals surface area contributed by atoms with Crippen molar-refractivity contribution in [3.8, 4) is 0 Å². The number of halogens is 1. The van der Waals surface area contributed by atoms with Crippen LogP contribution in [0.5, 0.6) is 0 Å². The summed E-state index contributed by atoms with van der Waals surface area (Å²) < 4.78 is 40.4. The minimum atomic E-state index is -3.91. The molecule has 0 aliphatic carbocycles. The van der Waals surface area contributed by atoms with E-state index in [0.717, 1.165) is 32.0 Å². The summed E-state index contributed by atoms with van der Waals surface area (Å²) in [6, 6.07) is 3.87. The first-order chi connectivity index (χ1) is 10.0. The summed E-state index contributed by atoms with van der Waals surface area (Å²) in [6.07, 6.45) is 4.75. The molecule has 0 bridgehead atoms. The van der Waals surface area contributed by atoms with E-state index in [1.54, 1.807) is 0 Å². The van der Waals surface area contributed by atoms with Crippen molar-refractivity contribution < 1.29 is 12.8 Å². The molecule has 1 aliphatic heterocycles. The predicted molar refractivity (Wildman–Crippen MR) is 80.9 cm³/mol. The molecule has 1 saturated heterocycles. The zero-order valence-corrected chi connectivity index (χ0v) is 12.8. The van der Waals surface area contributed by atoms with Gasteiger partial charge < -0.3 is 10.6 Å². The van der Waals surface area contributed by atoms with Crippen molar-refractivity contribution in [3.05, 3.63) is 24.0 Å². The first kappa shape index (κ1) is 16.2. The molecule has 0 unspecified atom stereocenters. The molecular weight excluding hydrogens is 293 g/mol. The highest BCUT2D eigenvalue weighted by Gasteiger charge is 2.22. The molecule has 5 nitrogen and oxygen atoms in total. The van der Waals surface area contributed by atoms with Crippen LogP contribution >= 0.6 is 0 Å². The number of nitrogens with zero attached hydrogens (tertiary/aromatic N) is 1. The molecule has 0 saturated carbocycles. The van der Waals surface area contributed by atoms with Gasteiger partial charge in [0.2, 0.25) is 10.0 Å². The number of sulfonamides is 1. The van der Waals surface area contributed by atoms with E-state index in [1.807, 2.05) is 0 Å². The van der Waals surface area contributed by atoms with Crippen LogP contribution in [0.15, 0.2) is 23.1 Å². The fraction of sp³-hybridized carbons (Fsp3) is 0.571. The maximum Gasteiger partial charge on any atom is 0.245 e. The lowest BCUT2D eigenvalue weighted by atomic mass is 10.2. The monoisotopic (exact) mass is 315 g/mol.